The van der Waals surface area contributed by atoms with Gasteiger partial charge >= 0.3 is 18.1 Å². The van der Waals surface area contributed by atoms with Crippen LogP contribution in [0.2, 0.25) is 0 Å². The van der Waals surface area contributed by atoms with Crippen LogP contribution in [0.25, 0.3) is 5.65 Å². The first-order chi connectivity index (χ1) is 16.8. The van der Waals surface area contributed by atoms with Crippen LogP contribution in [-0.4, -0.2) is 38.8 Å². The lowest BCUT2D eigenvalue weighted by Gasteiger charge is -2.20. The first-order valence-corrected chi connectivity index (χ1v) is 12.1. The molecule has 3 aromatic heterocycles. The molecular formula is C23H23F5N4O3S. The molecule has 0 bridgehead atoms. The first-order valence-electron chi connectivity index (χ1n) is 11.3. The molecule has 0 radical (unpaired) electrons. The predicted octanol–water partition coefficient (Wildman–Crippen LogP) is 5.84. The topological polar surface area (TPSA) is 85.6 Å². The summed E-state index contributed by atoms with van der Waals surface area (Å²) in [6, 6.07) is 1.59. The average Bonchev–Trinajstić information content (AvgIpc) is 3.38. The minimum absolute atomic E-state index is 0.103. The lowest BCUT2D eigenvalue weighted by atomic mass is 9.95. The lowest BCUT2D eigenvalue weighted by Crippen LogP contribution is -2.36. The molecule has 0 saturated carbocycles. The van der Waals surface area contributed by atoms with Crippen molar-refractivity contribution in [2.45, 2.75) is 71.1 Å². The van der Waals surface area contributed by atoms with E-state index in [1.807, 2.05) is 6.92 Å². The Morgan fingerprint density at radius 1 is 1.19 bits per heavy atom. The summed E-state index contributed by atoms with van der Waals surface area (Å²) in [6.45, 7) is 4.86. The number of hydrogen-bond donors (Lipinski definition) is 1. The van der Waals surface area contributed by atoms with Crippen molar-refractivity contribution in [3.8, 4) is 0 Å². The summed E-state index contributed by atoms with van der Waals surface area (Å²) in [5, 5.41) is 6.51. The van der Waals surface area contributed by atoms with Crippen LogP contribution in [0, 0.1) is 6.92 Å². The molecule has 4 rings (SSSR count). The van der Waals surface area contributed by atoms with Crippen LogP contribution in [0.3, 0.4) is 0 Å². The zero-order valence-corrected chi connectivity index (χ0v) is 20.4. The Kier molecular flexibility index (Phi) is 6.80. The van der Waals surface area contributed by atoms with Crippen LogP contribution in [0.1, 0.15) is 75.8 Å². The monoisotopic (exact) mass is 530 g/mol. The minimum Gasteiger partial charge on any atom is -0.459 e. The third-order valence-electron chi connectivity index (χ3n) is 5.95. The van der Waals surface area contributed by atoms with E-state index in [4.69, 9.17) is 4.74 Å². The number of amides is 1. The highest BCUT2D eigenvalue weighted by Crippen LogP contribution is 2.44. The number of aryl methyl sites for hydroxylation is 2. The van der Waals surface area contributed by atoms with Crippen molar-refractivity contribution in [3.05, 3.63) is 45.2 Å². The number of alkyl halides is 5. The smallest absolute Gasteiger partial charge is 0.459 e. The summed E-state index contributed by atoms with van der Waals surface area (Å²) < 4.78 is 73.3. The quantitative estimate of drug-likeness (QED) is 0.320. The Morgan fingerprint density at radius 2 is 1.89 bits per heavy atom. The summed E-state index contributed by atoms with van der Waals surface area (Å²) in [5.41, 5.74) is -1.30. The van der Waals surface area contributed by atoms with Gasteiger partial charge < -0.3 is 10.1 Å². The highest BCUT2D eigenvalue weighted by Gasteiger charge is 2.60. The normalized spacial score (nSPS) is 15.0. The van der Waals surface area contributed by atoms with Gasteiger partial charge in [0.05, 0.1) is 11.7 Å². The van der Waals surface area contributed by atoms with Gasteiger partial charge in [-0.05, 0) is 57.6 Å². The van der Waals surface area contributed by atoms with E-state index in [0.717, 1.165) is 35.8 Å². The molecule has 3 heterocycles. The molecule has 1 amide bonds. The van der Waals surface area contributed by atoms with E-state index in [0.29, 0.717) is 23.4 Å². The summed E-state index contributed by atoms with van der Waals surface area (Å²) >= 11 is 1.22. The highest BCUT2D eigenvalue weighted by molar-refractivity contribution is 7.17. The minimum atomic E-state index is -5.87. The molecular weight excluding hydrogens is 507 g/mol. The number of carbonyl (C=O) groups excluding carboxylic acids is 2. The number of thiophene rings is 1. The van der Waals surface area contributed by atoms with Crippen molar-refractivity contribution in [2.75, 3.05) is 5.32 Å². The SMILES string of the molecule is CCC(C)OC(=O)c1c(NC(=O)c2cc3nc(C)cc(C(F)(F)C(F)(F)F)n3n2)sc2c1CCCC2. The summed E-state index contributed by atoms with van der Waals surface area (Å²) in [7, 11) is 0. The van der Waals surface area contributed by atoms with Crippen LogP contribution in [0.4, 0.5) is 27.0 Å². The number of rotatable bonds is 6. The molecule has 0 aliphatic heterocycles. The molecule has 0 aromatic carbocycles. The summed E-state index contributed by atoms with van der Waals surface area (Å²) in [5.74, 6) is -6.69. The molecule has 1 aliphatic carbocycles. The zero-order valence-electron chi connectivity index (χ0n) is 19.6. The molecule has 0 saturated heterocycles. The third kappa shape index (κ3) is 4.67. The fourth-order valence-corrected chi connectivity index (χ4v) is 5.21. The predicted molar refractivity (Wildman–Crippen MR) is 122 cm³/mol. The number of halogens is 5. The van der Waals surface area contributed by atoms with Gasteiger partial charge in [-0.2, -0.15) is 27.1 Å². The molecule has 7 nitrogen and oxygen atoms in total. The van der Waals surface area contributed by atoms with Gasteiger partial charge in [-0.25, -0.2) is 14.3 Å². The van der Waals surface area contributed by atoms with Gasteiger partial charge in [0.2, 0.25) is 0 Å². The number of carbonyl (C=O) groups is 2. The van der Waals surface area contributed by atoms with Crippen LogP contribution >= 0.6 is 11.3 Å². The van der Waals surface area contributed by atoms with Gasteiger partial charge in [0, 0.05) is 16.6 Å². The number of aromatic nitrogens is 3. The van der Waals surface area contributed by atoms with Crippen LogP contribution < -0.4 is 5.32 Å². The molecule has 3 aromatic rings. The number of fused-ring (bicyclic) bond motifs is 2. The lowest BCUT2D eigenvalue weighted by molar-refractivity contribution is -0.291. The van der Waals surface area contributed by atoms with Crippen molar-refractivity contribution >= 4 is 33.9 Å². The fourth-order valence-electron chi connectivity index (χ4n) is 3.94. The Balaban J connectivity index is 1.72. The molecule has 0 spiro atoms. The molecule has 0 fully saturated rings. The zero-order chi connectivity index (χ0) is 26.4. The largest absolute Gasteiger partial charge is 0.459 e. The standard InChI is InChI=1S/C23H23F5N4O3S/c1-4-12(3)35-21(34)18-13-7-5-6-8-15(13)36-20(18)30-19(33)14-10-17-29-11(2)9-16(32(17)31-14)22(24,25)23(26,27)28/h9-10,12H,4-8H2,1-3H3,(H,30,33). The Bertz CT molecular complexity index is 1330. The maximum atomic E-state index is 14.2. The van der Waals surface area contributed by atoms with E-state index in [-0.39, 0.29) is 28.0 Å². The third-order valence-corrected chi connectivity index (χ3v) is 7.16. The number of hydrogen-bond acceptors (Lipinski definition) is 6. The molecule has 194 valence electrons. The summed E-state index contributed by atoms with van der Waals surface area (Å²) in [4.78, 5) is 30.8. The van der Waals surface area contributed by atoms with E-state index in [2.05, 4.69) is 15.4 Å². The van der Waals surface area contributed by atoms with Crippen molar-refractivity contribution < 1.29 is 36.3 Å². The van der Waals surface area contributed by atoms with Gasteiger partial charge in [0.1, 0.15) is 10.7 Å². The van der Waals surface area contributed by atoms with Gasteiger partial charge in [0.25, 0.3) is 5.91 Å². The summed E-state index contributed by atoms with van der Waals surface area (Å²) in [6.07, 6.45) is -2.46. The Morgan fingerprint density at radius 3 is 2.56 bits per heavy atom. The maximum absolute atomic E-state index is 14.2. The second-order valence-corrected chi connectivity index (χ2v) is 9.75. The number of nitrogens with one attached hydrogen (secondary N) is 1. The van der Waals surface area contributed by atoms with E-state index in [9.17, 15) is 31.5 Å². The Hall–Kier alpha value is -3.09. The van der Waals surface area contributed by atoms with Gasteiger partial charge in [-0.15, -0.1) is 11.3 Å². The number of nitrogens with zero attached hydrogens (tertiary/aromatic N) is 3. The average molecular weight is 531 g/mol. The van der Waals surface area contributed by atoms with E-state index >= 15 is 0 Å². The second kappa shape index (κ2) is 9.41. The fraction of sp³-hybridized carbons (Fsp3) is 0.478. The molecule has 36 heavy (non-hydrogen) atoms. The van der Waals surface area contributed by atoms with Crippen molar-refractivity contribution in [3.63, 3.8) is 0 Å². The number of esters is 1. The molecule has 13 heteroatoms. The van der Waals surface area contributed by atoms with E-state index < -0.39 is 35.4 Å². The van der Waals surface area contributed by atoms with Crippen molar-refractivity contribution in [2.24, 2.45) is 0 Å². The van der Waals surface area contributed by atoms with Crippen molar-refractivity contribution in [1.29, 1.82) is 0 Å². The van der Waals surface area contributed by atoms with Gasteiger partial charge in [0.15, 0.2) is 11.3 Å². The number of ether oxygens (including phenoxy) is 1. The van der Waals surface area contributed by atoms with Crippen LogP contribution in [0.15, 0.2) is 12.1 Å². The molecule has 1 atom stereocenters. The van der Waals surface area contributed by atoms with Crippen LogP contribution in [-0.2, 0) is 23.5 Å². The second-order valence-electron chi connectivity index (χ2n) is 8.65. The van der Waals surface area contributed by atoms with Gasteiger partial charge in [-0.1, -0.05) is 6.92 Å². The maximum Gasteiger partial charge on any atom is 0.459 e. The molecule has 1 aliphatic rings. The number of anilines is 1. The highest BCUT2D eigenvalue weighted by atomic mass is 32.1. The molecule has 1 N–H and O–H groups in total. The van der Waals surface area contributed by atoms with E-state index in [1.54, 1.807) is 6.92 Å². The Labute approximate surface area is 206 Å². The van der Waals surface area contributed by atoms with Crippen molar-refractivity contribution in [1.82, 2.24) is 14.6 Å². The van der Waals surface area contributed by atoms with E-state index in [1.165, 1.54) is 18.3 Å². The van der Waals surface area contributed by atoms with Gasteiger partial charge in [-0.3, -0.25) is 4.79 Å². The molecule has 1 unspecified atom stereocenters. The first kappa shape index (κ1) is 26.0. The van der Waals surface area contributed by atoms with Crippen LogP contribution in [0.5, 0.6) is 0 Å².